The summed E-state index contributed by atoms with van der Waals surface area (Å²) in [5.41, 5.74) is 1.90. The van der Waals surface area contributed by atoms with E-state index >= 15 is 0 Å². The molecule has 0 saturated carbocycles. The van der Waals surface area contributed by atoms with Crippen molar-refractivity contribution in [1.82, 2.24) is 15.2 Å². The Morgan fingerprint density at radius 2 is 1.84 bits per heavy atom. The molecule has 1 aliphatic rings. The van der Waals surface area contributed by atoms with Crippen LogP contribution < -0.4 is 24.8 Å². The predicted molar refractivity (Wildman–Crippen MR) is 138 cm³/mol. The summed E-state index contributed by atoms with van der Waals surface area (Å²) in [5.74, 6) is 1.17. The first kappa shape index (κ1) is 26.0. The summed E-state index contributed by atoms with van der Waals surface area (Å²) >= 11 is 1.22. The van der Waals surface area contributed by atoms with Gasteiger partial charge < -0.3 is 29.7 Å². The van der Waals surface area contributed by atoms with Crippen LogP contribution in [0.15, 0.2) is 47.8 Å². The number of aromatic nitrogens is 1. The van der Waals surface area contributed by atoms with E-state index in [0.29, 0.717) is 40.2 Å². The van der Waals surface area contributed by atoms with Gasteiger partial charge in [0.1, 0.15) is 12.3 Å². The van der Waals surface area contributed by atoms with Gasteiger partial charge in [0, 0.05) is 23.5 Å². The van der Waals surface area contributed by atoms with Crippen molar-refractivity contribution in [2.75, 3.05) is 25.8 Å². The molecule has 3 aromatic rings. The fourth-order valence-corrected chi connectivity index (χ4v) is 4.35. The van der Waals surface area contributed by atoms with Crippen LogP contribution >= 0.6 is 11.3 Å². The summed E-state index contributed by atoms with van der Waals surface area (Å²) in [4.78, 5) is 43.8. The lowest BCUT2D eigenvalue weighted by atomic mass is 10.1. The molecule has 0 unspecified atom stereocenters. The van der Waals surface area contributed by atoms with Gasteiger partial charge in [-0.15, -0.1) is 11.3 Å². The van der Waals surface area contributed by atoms with E-state index in [9.17, 15) is 14.4 Å². The third-order valence-electron chi connectivity index (χ3n) is 5.60. The monoisotopic (exact) mass is 524 g/mol. The molecular formula is C26H28N4O6S. The minimum Gasteiger partial charge on any atom is -0.497 e. The van der Waals surface area contributed by atoms with Crippen molar-refractivity contribution in [3.05, 3.63) is 64.7 Å². The second kappa shape index (κ2) is 11.7. The molecule has 0 bridgehead atoms. The number of nitrogens with zero attached hydrogens (tertiary/aromatic N) is 2. The van der Waals surface area contributed by atoms with E-state index in [0.717, 1.165) is 5.56 Å². The molecule has 0 atom stereocenters. The molecule has 1 aliphatic heterocycles. The Hall–Kier alpha value is -4.12. The molecular weight excluding hydrogens is 496 g/mol. The number of hydrogen-bond donors (Lipinski definition) is 2. The molecule has 2 heterocycles. The van der Waals surface area contributed by atoms with E-state index in [4.69, 9.17) is 14.2 Å². The number of thiazole rings is 1. The maximum absolute atomic E-state index is 13.0. The van der Waals surface area contributed by atoms with Crippen molar-refractivity contribution in [1.29, 1.82) is 0 Å². The second-order valence-corrected chi connectivity index (χ2v) is 9.45. The van der Waals surface area contributed by atoms with Crippen LogP contribution in [0, 0.1) is 0 Å². The number of ether oxygens (including phenoxy) is 3. The smallest absolute Gasteiger partial charge is 0.254 e. The van der Waals surface area contributed by atoms with Crippen molar-refractivity contribution < 1.29 is 28.6 Å². The van der Waals surface area contributed by atoms with E-state index < -0.39 is 0 Å². The first-order chi connectivity index (χ1) is 17.8. The van der Waals surface area contributed by atoms with Crippen molar-refractivity contribution in [3.63, 3.8) is 0 Å². The Bertz CT molecular complexity index is 1270. The molecule has 2 N–H and O–H groups in total. The zero-order chi connectivity index (χ0) is 26.4. The highest BCUT2D eigenvalue weighted by molar-refractivity contribution is 7.13. The van der Waals surface area contributed by atoms with E-state index in [1.165, 1.54) is 16.2 Å². The zero-order valence-electron chi connectivity index (χ0n) is 20.8. The van der Waals surface area contributed by atoms with Crippen LogP contribution in [0.2, 0.25) is 0 Å². The maximum atomic E-state index is 13.0. The molecule has 2 aromatic carbocycles. The predicted octanol–water partition coefficient (Wildman–Crippen LogP) is 3.23. The normalized spacial score (nSPS) is 11.8. The van der Waals surface area contributed by atoms with Gasteiger partial charge in [0.15, 0.2) is 16.6 Å². The highest BCUT2D eigenvalue weighted by Crippen LogP contribution is 2.32. The lowest BCUT2D eigenvalue weighted by molar-refractivity contribution is -0.120. The van der Waals surface area contributed by atoms with Crippen LogP contribution in [0.4, 0.5) is 5.13 Å². The molecule has 4 rings (SSSR count). The number of anilines is 1. The van der Waals surface area contributed by atoms with Gasteiger partial charge in [0.05, 0.1) is 19.2 Å². The molecule has 0 radical (unpaired) electrons. The van der Waals surface area contributed by atoms with E-state index in [1.54, 1.807) is 36.8 Å². The number of methoxy groups -OCH3 is 1. The average Bonchev–Trinajstić information content (AvgIpc) is 3.54. The molecule has 194 valence electrons. The molecule has 10 nitrogen and oxygen atoms in total. The number of carbonyl (C=O) groups excluding carboxylic acids is 3. The second-order valence-electron chi connectivity index (χ2n) is 8.59. The number of rotatable bonds is 10. The van der Waals surface area contributed by atoms with Crippen molar-refractivity contribution in [3.8, 4) is 17.2 Å². The van der Waals surface area contributed by atoms with E-state index in [1.807, 2.05) is 32.0 Å². The number of hydrogen-bond acceptors (Lipinski definition) is 8. The van der Waals surface area contributed by atoms with Crippen LogP contribution in [0.1, 0.15) is 35.5 Å². The molecule has 0 saturated heterocycles. The summed E-state index contributed by atoms with van der Waals surface area (Å²) in [6, 6.07) is 12.1. The average molecular weight is 525 g/mol. The Labute approximate surface area is 218 Å². The topological polar surface area (TPSA) is 119 Å². The third-order valence-corrected chi connectivity index (χ3v) is 6.41. The quantitative estimate of drug-likeness (QED) is 0.418. The lowest BCUT2D eigenvalue weighted by Gasteiger charge is -2.26. The largest absolute Gasteiger partial charge is 0.497 e. The van der Waals surface area contributed by atoms with E-state index in [-0.39, 0.29) is 43.5 Å². The van der Waals surface area contributed by atoms with Gasteiger partial charge in [-0.1, -0.05) is 6.07 Å². The van der Waals surface area contributed by atoms with Crippen LogP contribution in [-0.2, 0) is 22.6 Å². The molecule has 37 heavy (non-hydrogen) atoms. The van der Waals surface area contributed by atoms with Crippen molar-refractivity contribution in [2.45, 2.75) is 32.9 Å². The molecule has 3 amide bonds. The fraction of sp³-hybridized carbons (Fsp3) is 0.308. The molecule has 11 heteroatoms. The Morgan fingerprint density at radius 1 is 1.08 bits per heavy atom. The summed E-state index contributed by atoms with van der Waals surface area (Å²) < 4.78 is 15.8. The number of nitrogens with one attached hydrogen (secondary N) is 2. The van der Waals surface area contributed by atoms with Gasteiger partial charge in [-0.25, -0.2) is 4.98 Å². The molecule has 0 aliphatic carbocycles. The van der Waals surface area contributed by atoms with Crippen LogP contribution in [-0.4, -0.2) is 54.1 Å². The number of carbonyl (C=O) groups is 3. The standard InChI is InChI=1S/C26H28N4O6S/c1-16(2)30(25(33)18-5-7-20(34-3)8-6-18)13-24(32)29-26-28-19(14-37-26)11-23(31)27-12-17-4-9-21-22(10-17)36-15-35-21/h4-10,14,16H,11-13,15H2,1-3H3,(H,27,31)(H,28,29,32). The molecule has 1 aromatic heterocycles. The molecule has 0 fully saturated rings. The number of fused-ring (bicyclic) bond motifs is 1. The summed E-state index contributed by atoms with van der Waals surface area (Å²) in [7, 11) is 1.55. The van der Waals surface area contributed by atoms with E-state index in [2.05, 4.69) is 15.6 Å². The van der Waals surface area contributed by atoms with Gasteiger partial charge >= 0.3 is 0 Å². The van der Waals surface area contributed by atoms with Crippen LogP contribution in [0.25, 0.3) is 0 Å². The Morgan fingerprint density at radius 3 is 2.57 bits per heavy atom. The van der Waals surface area contributed by atoms with Gasteiger partial charge in [-0.2, -0.15) is 0 Å². The van der Waals surface area contributed by atoms with Crippen molar-refractivity contribution >= 4 is 34.2 Å². The highest BCUT2D eigenvalue weighted by Gasteiger charge is 2.22. The summed E-state index contributed by atoms with van der Waals surface area (Å²) in [6.07, 6.45) is 0.0744. The minimum absolute atomic E-state index is 0.0744. The van der Waals surface area contributed by atoms with Crippen LogP contribution in [0.3, 0.4) is 0 Å². The summed E-state index contributed by atoms with van der Waals surface area (Å²) in [5, 5.41) is 7.66. The number of benzene rings is 2. The van der Waals surface area contributed by atoms with Gasteiger partial charge in [-0.3, -0.25) is 14.4 Å². The first-order valence-corrected chi connectivity index (χ1v) is 12.5. The van der Waals surface area contributed by atoms with Gasteiger partial charge in [0.2, 0.25) is 18.6 Å². The van der Waals surface area contributed by atoms with Crippen molar-refractivity contribution in [2.24, 2.45) is 0 Å². The molecule has 0 spiro atoms. The Balaban J connectivity index is 1.27. The highest BCUT2D eigenvalue weighted by atomic mass is 32.1. The van der Waals surface area contributed by atoms with Gasteiger partial charge in [0.25, 0.3) is 5.91 Å². The lowest BCUT2D eigenvalue weighted by Crippen LogP contribution is -2.42. The number of amides is 3. The minimum atomic E-state index is -0.372. The fourth-order valence-electron chi connectivity index (χ4n) is 3.63. The SMILES string of the molecule is COc1ccc(C(=O)N(CC(=O)Nc2nc(CC(=O)NCc3ccc4c(c3)OCO4)cs2)C(C)C)cc1. The van der Waals surface area contributed by atoms with Gasteiger partial charge in [-0.05, 0) is 55.8 Å². The van der Waals surface area contributed by atoms with Crippen LogP contribution in [0.5, 0.6) is 17.2 Å². The third kappa shape index (κ3) is 6.76. The Kier molecular flexibility index (Phi) is 8.24. The summed E-state index contributed by atoms with van der Waals surface area (Å²) in [6.45, 7) is 4.10. The zero-order valence-corrected chi connectivity index (χ0v) is 21.6. The first-order valence-electron chi connectivity index (χ1n) is 11.7. The maximum Gasteiger partial charge on any atom is 0.254 e.